The standard InChI is InChI=1S/C56H79N5O21/c1-27-19-41-43(29(3)56(82-41)12-10-34-35-7-6-31-21-33(63)9-11-55(31,4)37(35)23-36(34)28(56)2)60(24-27)54(72)80-40(30-5-8-39(38(20-30)61(73)74)78-53-49(69)46(66)47(67)50(81-53)51(70)71)22-32-25-59(58-57-32)13-14-75-15-16-76-17-18-77-52-48(68)45(65)44(64)42(26-62)79-52/h5-6,8,20,25,27,29,33-35,37,40-50,52-53,62-69H,7,9-19,21-24,26H2,1-4H3,(H,70,71)/t27-,29+,33-,34-,35-,37-,40?,41+,42+,43-,44+,45-,46-,47-,48+,49+,50-,52+,53+,55-,56-/m0/s1. The number of benzene rings is 1. The summed E-state index contributed by atoms with van der Waals surface area (Å²) >= 11 is 0. The number of ether oxygens (including phenoxy) is 8. The van der Waals surface area contributed by atoms with Gasteiger partial charge >= 0.3 is 17.7 Å². The van der Waals surface area contributed by atoms with Crippen molar-refractivity contribution < 1.29 is 98.4 Å². The van der Waals surface area contributed by atoms with Crippen LogP contribution in [-0.2, 0) is 50.9 Å². The van der Waals surface area contributed by atoms with Crippen molar-refractivity contribution in [2.24, 2.45) is 35.0 Å². The van der Waals surface area contributed by atoms with Gasteiger partial charge in [-0.2, -0.15) is 0 Å². The van der Waals surface area contributed by atoms with E-state index in [9.17, 15) is 60.9 Å². The minimum atomic E-state index is -2.03. The zero-order valence-corrected chi connectivity index (χ0v) is 46.5. The smallest absolute Gasteiger partial charge is 0.410 e. The second-order valence-corrected chi connectivity index (χ2v) is 24.0. The summed E-state index contributed by atoms with van der Waals surface area (Å²) in [5.74, 6) is -0.780. The molecule has 1 amide bonds. The number of carboxylic acids is 1. The van der Waals surface area contributed by atoms with Crippen LogP contribution in [0.4, 0.5) is 10.5 Å². The highest BCUT2D eigenvalue weighted by atomic mass is 16.7. The van der Waals surface area contributed by atoms with Gasteiger partial charge in [-0.3, -0.25) is 10.1 Å². The van der Waals surface area contributed by atoms with Crippen LogP contribution < -0.4 is 4.74 Å². The molecule has 0 radical (unpaired) electrons. The van der Waals surface area contributed by atoms with E-state index in [0.717, 1.165) is 57.4 Å². The Bertz CT molecular complexity index is 2690. The normalized spacial score (nSPS) is 39.2. The zero-order chi connectivity index (χ0) is 58.5. The largest absolute Gasteiger partial charge is 0.479 e. The maximum Gasteiger partial charge on any atom is 0.410 e. The first-order valence-corrected chi connectivity index (χ1v) is 28.7. The lowest BCUT2D eigenvalue weighted by Crippen LogP contribution is -2.61. The number of nitro groups is 1. The van der Waals surface area contributed by atoms with Gasteiger partial charge < -0.3 is 88.8 Å². The van der Waals surface area contributed by atoms with E-state index >= 15 is 4.79 Å². The third-order valence-electron chi connectivity index (χ3n) is 19.3. The summed E-state index contributed by atoms with van der Waals surface area (Å²) in [7, 11) is 0. The molecule has 4 saturated heterocycles. The van der Waals surface area contributed by atoms with Gasteiger partial charge in [0.05, 0.1) is 80.7 Å². The number of nitro benzene ring substituents is 1. The van der Waals surface area contributed by atoms with Gasteiger partial charge in [0.15, 0.2) is 18.1 Å². The fourth-order valence-corrected chi connectivity index (χ4v) is 14.8. The molecule has 0 bridgehead atoms. The van der Waals surface area contributed by atoms with Crippen LogP contribution in [-0.4, -0.2) is 214 Å². The fourth-order valence-electron chi connectivity index (χ4n) is 14.8. The van der Waals surface area contributed by atoms with Gasteiger partial charge in [-0.15, -0.1) is 5.10 Å². The molecular weight excluding hydrogens is 1080 g/mol. The lowest BCUT2D eigenvalue weighted by Gasteiger charge is -2.49. The number of likely N-dealkylation sites (tertiary alicyclic amines) is 1. The van der Waals surface area contributed by atoms with Crippen molar-refractivity contribution in [2.45, 2.75) is 183 Å². The molecule has 10 rings (SSSR count). The summed E-state index contributed by atoms with van der Waals surface area (Å²) < 4.78 is 48.3. The summed E-state index contributed by atoms with van der Waals surface area (Å²) in [4.78, 5) is 40.6. The second-order valence-electron chi connectivity index (χ2n) is 24.0. The number of aliphatic hydroxyl groups excluding tert-OH is 8. The molecule has 4 aliphatic carbocycles. The number of hydrogen-bond donors (Lipinski definition) is 9. The van der Waals surface area contributed by atoms with Crippen LogP contribution in [0.15, 0.2) is 47.2 Å². The van der Waals surface area contributed by atoms with E-state index in [-0.39, 0.29) is 87.1 Å². The number of aliphatic carboxylic acids is 1. The Morgan fingerprint density at radius 3 is 2.39 bits per heavy atom. The number of fused-ring (bicyclic) bond motifs is 6. The average molecular weight is 1160 g/mol. The fraction of sp³-hybridized carbons (Fsp3) is 0.750. The zero-order valence-electron chi connectivity index (χ0n) is 46.5. The molecule has 4 aliphatic heterocycles. The highest BCUT2D eigenvalue weighted by Crippen LogP contribution is 2.65. The molecule has 2 aromatic rings. The summed E-state index contributed by atoms with van der Waals surface area (Å²) in [5.41, 5.74) is 3.43. The molecule has 8 aliphatic rings. The van der Waals surface area contributed by atoms with Crippen LogP contribution in [0, 0.1) is 45.1 Å². The van der Waals surface area contributed by atoms with Crippen LogP contribution in [0.2, 0.25) is 0 Å². The number of carbonyl (C=O) groups excluding carboxylic acids is 1. The van der Waals surface area contributed by atoms with E-state index in [4.69, 9.17) is 37.9 Å². The van der Waals surface area contributed by atoms with Crippen molar-refractivity contribution in [3.8, 4) is 5.75 Å². The molecule has 1 aromatic heterocycles. The molecule has 21 atom stereocenters. The highest BCUT2D eigenvalue weighted by molar-refractivity contribution is 5.73. The van der Waals surface area contributed by atoms with Crippen LogP contribution in [0.25, 0.3) is 0 Å². The van der Waals surface area contributed by atoms with Gasteiger partial charge in [-0.1, -0.05) is 49.3 Å². The van der Waals surface area contributed by atoms with E-state index < -0.39 is 108 Å². The van der Waals surface area contributed by atoms with Gasteiger partial charge in [0.1, 0.15) is 48.8 Å². The van der Waals surface area contributed by atoms with Crippen LogP contribution in [0.5, 0.6) is 5.75 Å². The predicted octanol–water partition coefficient (Wildman–Crippen LogP) is 1.46. The third-order valence-corrected chi connectivity index (χ3v) is 19.3. The van der Waals surface area contributed by atoms with Crippen molar-refractivity contribution in [1.82, 2.24) is 19.9 Å². The summed E-state index contributed by atoms with van der Waals surface area (Å²) in [6, 6.07) is 3.36. The molecule has 1 spiro atoms. The molecule has 454 valence electrons. The number of piperidine rings is 1. The number of allylic oxidation sites excluding steroid dienone is 2. The van der Waals surface area contributed by atoms with Crippen molar-refractivity contribution in [2.75, 3.05) is 46.2 Å². The number of nitrogens with zero attached hydrogens (tertiary/aromatic N) is 5. The summed E-state index contributed by atoms with van der Waals surface area (Å²) in [6.07, 6.45) is -8.49. The molecule has 2 saturated carbocycles. The SMILES string of the molecule is CC1=C2C[C@H]3[C@@H](CC=C4C[C@@H](O)CC[C@@]43C)[C@@H]2CC[C@]12O[C@@H]1C[C@H](C)CN(C(=O)OC(Cc3cn(CCOCCOCCO[C@@H]4O[C@H](CO)[C@@H](O)[C@H](O)[C@H]4O)nn3)c3ccc(O[C@@H]4O[C@H](C(=O)O)[C@@H](O)[C@H](O)[C@H]4O)c([N+](=O)[O-])c3)[C@H]1[C@H]2C. The second kappa shape index (κ2) is 24.7. The molecule has 6 fully saturated rings. The van der Waals surface area contributed by atoms with E-state index in [1.807, 2.05) is 0 Å². The molecule has 26 heteroatoms. The maximum absolute atomic E-state index is 15.1. The summed E-state index contributed by atoms with van der Waals surface area (Å²) in [5, 5.41) is 112. The number of rotatable bonds is 19. The van der Waals surface area contributed by atoms with Crippen molar-refractivity contribution in [3.05, 3.63) is 68.6 Å². The van der Waals surface area contributed by atoms with Crippen molar-refractivity contribution in [3.63, 3.8) is 0 Å². The minimum Gasteiger partial charge on any atom is -0.479 e. The highest BCUT2D eigenvalue weighted by Gasteiger charge is 2.63. The quantitative estimate of drug-likeness (QED) is 0.0416. The Labute approximate surface area is 473 Å². The Morgan fingerprint density at radius 1 is 0.915 bits per heavy atom. The van der Waals surface area contributed by atoms with Gasteiger partial charge in [0.2, 0.25) is 6.29 Å². The average Bonchev–Trinajstić information content (AvgIpc) is 1.98. The molecular formula is C56H79N5O21. The molecule has 82 heavy (non-hydrogen) atoms. The molecule has 5 heterocycles. The number of carbonyl (C=O) groups is 2. The van der Waals surface area contributed by atoms with E-state index in [2.05, 4.69) is 44.1 Å². The monoisotopic (exact) mass is 1160 g/mol. The molecule has 1 unspecified atom stereocenters. The molecule has 26 nitrogen and oxygen atoms in total. The minimum absolute atomic E-state index is 0.0299. The Kier molecular flexibility index (Phi) is 18.2. The van der Waals surface area contributed by atoms with Gasteiger partial charge in [0.25, 0.3) is 0 Å². The van der Waals surface area contributed by atoms with Crippen molar-refractivity contribution in [1.29, 1.82) is 0 Å². The Morgan fingerprint density at radius 2 is 1.65 bits per heavy atom. The lowest BCUT2D eigenvalue weighted by atomic mass is 9.56. The third kappa shape index (κ3) is 11.6. The Balaban J connectivity index is 0.832. The summed E-state index contributed by atoms with van der Waals surface area (Å²) in [6.45, 7) is 9.47. The Hall–Kier alpha value is -4.78. The van der Waals surface area contributed by atoms with E-state index in [1.165, 1.54) is 33.5 Å². The van der Waals surface area contributed by atoms with Gasteiger partial charge in [-0.05, 0) is 105 Å². The number of aromatic nitrogens is 3. The first-order valence-electron chi connectivity index (χ1n) is 28.7. The number of aliphatic hydroxyl groups is 8. The van der Waals surface area contributed by atoms with Gasteiger partial charge in [0, 0.05) is 31.1 Å². The van der Waals surface area contributed by atoms with Gasteiger partial charge in [-0.25, -0.2) is 14.3 Å². The van der Waals surface area contributed by atoms with Crippen LogP contribution in [0.3, 0.4) is 0 Å². The number of carboxylic acid groups (broad SMARTS) is 1. The van der Waals surface area contributed by atoms with E-state index in [1.54, 1.807) is 11.1 Å². The van der Waals surface area contributed by atoms with Crippen molar-refractivity contribution >= 4 is 17.7 Å². The van der Waals surface area contributed by atoms with E-state index in [0.29, 0.717) is 30.0 Å². The first-order chi connectivity index (χ1) is 39.1. The molecule has 1 aromatic carbocycles. The number of hydrogen-bond acceptors (Lipinski definition) is 22. The predicted molar refractivity (Wildman–Crippen MR) is 281 cm³/mol. The molecule has 9 N–H and O–H groups in total. The van der Waals surface area contributed by atoms with Crippen LogP contribution in [0.1, 0.15) is 96.4 Å². The maximum atomic E-state index is 15.1. The topological polar surface area (TPSA) is 367 Å². The van der Waals surface area contributed by atoms with Crippen LogP contribution >= 0.6 is 0 Å². The number of amides is 1. The lowest BCUT2D eigenvalue weighted by molar-refractivity contribution is -0.387. The first kappa shape index (κ1) is 60.3.